The van der Waals surface area contributed by atoms with E-state index >= 15 is 0 Å². The predicted octanol–water partition coefficient (Wildman–Crippen LogP) is 2.50. The van der Waals surface area contributed by atoms with Crippen LogP contribution in [0.25, 0.3) is 0 Å². The fourth-order valence-corrected chi connectivity index (χ4v) is 2.36. The summed E-state index contributed by atoms with van der Waals surface area (Å²) < 4.78 is 5.65. The molecule has 20 heavy (non-hydrogen) atoms. The lowest BCUT2D eigenvalue weighted by Gasteiger charge is -2.19. The van der Waals surface area contributed by atoms with Gasteiger partial charge in [-0.3, -0.25) is 9.59 Å². The summed E-state index contributed by atoms with van der Waals surface area (Å²) in [6, 6.07) is 5.54. The van der Waals surface area contributed by atoms with Crippen molar-refractivity contribution < 1.29 is 14.3 Å². The fourth-order valence-electron chi connectivity index (χ4n) is 2.36. The summed E-state index contributed by atoms with van der Waals surface area (Å²) in [6.45, 7) is 5.55. The van der Waals surface area contributed by atoms with Crippen LogP contribution in [-0.4, -0.2) is 23.8 Å². The molecule has 1 N–H and O–H groups in total. The van der Waals surface area contributed by atoms with Crippen molar-refractivity contribution in [1.29, 1.82) is 0 Å². The Kier molecular flexibility index (Phi) is 4.42. The third kappa shape index (κ3) is 3.38. The molecule has 108 valence electrons. The first-order valence-corrected chi connectivity index (χ1v) is 7.10. The number of hydrogen-bond donors (Lipinski definition) is 1. The summed E-state index contributed by atoms with van der Waals surface area (Å²) in [5.74, 6) is 0.710. The quantitative estimate of drug-likeness (QED) is 0.918. The fraction of sp³-hybridized carbons (Fsp3) is 0.500. The highest BCUT2D eigenvalue weighted by Crippen LogP contribution is 2.25. The Morgan fingerprint density at radius 1 is 1.25 bits per heavy atom. The van der Waals surface area contributed by atoms with E-state index in [1.165, 1.54) is 0 Å². The maximum Gasteiger partial charge on any atom is 0.260 e. The molecule has 0 spiro atoms. The van der Waals surface area contributed by atoms with Crippen molar-refractivity contribution >= 4 is 11.7 Å². The lowest BCUT2D eigenvalue weighted by Crippen LogP contribution is -2.40. The summed E-state index contributed by atoms with van der Waals surface area (Å²) in [7, 11) is 0. The van der Waals surface area contributed by atoms with Gasteiger partial charge >= 0.3 is 0 Å². The van der Waals surface area contributed by atoms with Crippen molar-refractivity contribution in [2.45, 2.75) is 52.2 Å². The first kappa shape index (κ1) is 14.6. The van der Waals surface area contributed by atoms with Crippen LogP contribution in [-0.2, 0) is 11.2 Å². The first-order chi connectivity index (χ1) is 9.47. The van der Waals surface area contributed by atoms with Gasteiger partial charge in [0, 0.05) is 18.0 Å². The van der Waals surface area contributed by atoms with Crippen molar-refractivity contribution in [3.63, 3.8) is 0 Å². The minimum Gasteiger partial charge on any atom is -0.481 e. The Balaban J connectivity index is 2.07. The van der Waals surface area contributed by atoms with Crippen molar-refractivity contribution in [3.05, 3.63) is 29.3 Å². The zero-order valence-corrected chi connectivity index (χ0v) is 12.2. The van der Waals surface area contributed by atoms with Crippen LogP contribution < -0.4 is 10.1 Å². The van der Waals surface area contributed by atoms with Crippen molar-refractivity contribution in [2.24, 2.45) is 0 Å². The smallest absolute Gasteiger partial charge is 0.260 e. The van der Waals surface area contributed by atoms with Crippen LogP contribution in [0.4, 0.5) is 0 Å². The highest BCUT2D eigenvalue weighted by molar-refractivity contribution is 5.98. The number of nitrogens with one attached hydrogen (secondary N) is 1. The molecule has 0 bridgehead atoms. The van der Waals surface area contributed by atoms with Gasteiger partial charge in [-0.1, -0.05) is 0 Å². The number of aryl methyl sites for hydroxylation is 1. The van der Waals surface area contributed by atoms with E-state index in [9.17, 15) is 9.59 Å². The second-order valence-electron chi connectivity index (χ2n) is 5.52. The Bertz CT molecular complexity index is 522. The maximum atomic E-state index is 11.8. The zero-order chi connectivity index (χ0) is 14.7. The van der Waals surface area contributed by atoms with Crippen LogP contribution in [0, 0.1) is 0 Å². The minimum atomic E-state index is -0.547. The number of carbonyl (C=O) groups excluding carboxylic acids is 2. The summed E-state index contributed by atoms with van der Waals surface area (Å²) in [5.41, 5.74) is 1.82. The Labute approximate surface area is 119 Å². The number of rotatable bonds is 4. The summed E-state index contributed by atoms with van der Waals surface area (Å²) >= 11 is 0. The lowest BCUT2D eigenvalue weighted by atomic mass is 9.90. The number of fused-ring (bicyclic) bond motifs is 1. The molecule has 4 nitrogen and oxygen atoms in total. The number of amides is 1. The Morgan fingerprint density at radius 2 is 2.00 bits per heavy atom. The van der Waals surface area contributed by atoms with Gasteiger partial charge in [0.05, 0.1) is 0 Å². The van der Waals surface area contributed by atoms with Gasteiger partial charge in [-0.2, -0.15) is 0 Å². The normalized spacial score (nSPS) is 15.7. The molecule has 1 aromatic rings. The molecule has 0 fully saturated rings. The number of ketones is 1. The largest absolute Gasteiger partial charge is 0.481 e. The van der Waals surface area contributed by atoms with E-state index in [2.05, 4.69) is 5.32 Å². The van der Waals surface area contributed by atoms with Crippen molar-refractivity contribution in [1.82, 2.24) is 5.32 Å². The molecule has 1 aliphatic carbocycles. The second kappa shape index (κ2) is 6.07. The summed E-state index contributed by atoms with van der Waals surface area (Å²) in [6.07, 6.45) is 1.86. The van der Waals surface area contributed by atoms with Gasteiger partial charge in [0.25, 0.3) is 5.91 Å². The first-order valence-electron chi connectivity index (χ1n) is 7.10. The molecule has 0 radical (unpaired) electrons. The minimum absolute atomic E-state index is 0.0923. The molecule has 0 aromatic heterocycles. The van der Waals surface area contributed by atoms with E-state index in [0.29, 0.717) is 12.2 Å². The standard InChI is InChI=1S/C16H21NO3/c1-10(2)17-16(19)11(3)20-13-7-8-14-12(9-13)5-4-6-15(14)18/h7-11H,4-6H2,1-3H3,(H,17,19). The van der Waals surface area contributed by atoms with Crippen LogP contribution >= 0.6 is 0 Å². The molecule has 1 atom stereocenters. The molecular weight excluding hydrogens is 254 g/mol. The van der Waals surface area contributed by atoms with Gasteiger partial charge in [-0.15, -0.1) is 0 Å². The third-order valence-electron chi connectivity index (χ3n) is 3.34. The number of ether oxygens (including phenoxy) is 1. The van der Waals surface area contributed by atoms with Gasteiger partial charge in [0.1, 0.15) is 5.75 Å². The predicted molar refractivity (Wildman–Crippen MR) is 77.1 cm³/mol. The SMILES string of the molecule is CC(C)NC(=O)C(C)Oc1ccc2c(c1)CCCC2=O. The molecule has 1 aliphatic rings. The van der Waals surface area contributed by atoms with Crippen LogP contribution in [0.1, 0.15) is 49.5 Å². The average molecular weight is 275 g/mol. The van der Waals surface area contributed by atoms with E-state index in [4.69, 9.17) is 4.74 Å². The van der Waals surface area contributed by atoms with Gasteiger partial charge in [0.15, 0.2) is 11.9 Å². The van der Waals surface area contributed by atoms with Gasteiger partial charge in [-0.25, -0.2) is 0 Å². The molecule has 0 saturated carbocycles. The number of hydrogen-bond acceptors (Lipinski definition) is 3. The second-order valence-corrected chi connectivity index (χ2v) is 5.52. The third-order valence-corrected chi connectivity index (χ3v) is 3.34. The van der Waals surface area contributed by atoms with Crippen molar-refractivity contribution in [3.8, 4) is 5.75 Å². The van der Waals surface area contributed by atoms with Crippen LogP contribution in [0.2, 0.25) is 0 Å². The average Bonchev–Trinajstić information content (AvgIpc) is 2.38. The van der Waals surface area contributed by atoms with E-state index < -0.39 is 6.10 Å². The molecule has 1 aromatic carbocycles. The van der Waals surface area contributed by atoms with E-state index in [-0.39, 0.29) is 17.7 Å². The van der Waals surface area contributed by atoms with Gasteiger partial charge in [0.2, 0.25) is 0 Å². The highest BCUT2D eigenvalue weighted by atomic mass is 16.5. The lowest BCUT2D eigenvalue weighted by molar-refractivity contribution is -0.127. The molecule has 1 unspecified atom stereocenters. The zero-order valence-electron chi connectivity index (χ0n) is 12.2. The number of carbonyl (C=O) groups is 2. The molecule has 2 rings (SSSR count). The van der Waals surface area contributed by atoms with E-state index in [0.717, 1.165) is 24.0 Å². The topological polar surface area (TPSA) is 55.4 Å². The molecule has 0 saturated heterocycles. The summed E-state index contributed by atoms with van der Waals surface area (Å²) in [4.78, 5) is 23.6. The van der Waals surface area contributed by atoms with Crippen LogP contribution in [0.15, 0.2) is 18.2 Å². The molecule has 1 amide bonds. The number of Topliss-reactive ketones (excluding diaryl/α,β-unsaturated/α-hetero) is 1. The van der Waals surface area contributed by atoms with Gasteiger partial charge < -0.3 is 10.1 Å². The van der Waals surface area contributed by atoms with E-state index in [1.54, 1.807) is 19.1 Å². The maximum absolute atomic E-state index is 11.8. The molecule has 0 aliphatic heterocycles. The summed E-state index contributed by atoms with van der Waals surface area (Å²) in [5, 5.41) is 2.81. The van der Waals surface area contributed by atoms with Crippen LogP contribution in [0.3, 0.4) is 0 Å². The highest BCUT2D eigenvalue weighted by Gasteiger charge is 2.19. The van der Waals surface area contributed by atoms with Gasteiger partial charge in [-0.05, 0) is 57.4 Å². The van der Waals surface area contributed by atoms with Crippen molar-refractivity contribution in [2.75, 3.05) is 0 Å². The Morgan fingerprint density at radius 3 is 2.70 bits per heavy atom. The van der Waals surface area contributed by atoms with E-state index in [1.807, 2.05) is 19.9 Å². The number of benzene rings is 1. The Hall–Kier alpha value is -1.84. The monoisotopic (exact) mass is 275 g/mol. The molecule has 4 heteroatoms. The molecule has 0 heterocycles. The molecular formula is C16H21NO3. The van der Waals surface area contributed by atoms with Crippen LogP contribution in [0.5, 0.6) is 5.75 Å².